The van der Waals surface area contributed by atoms with Gasteiger partial charge in [0, 0.05) is 0 Å². The van der Waals surface area contributed by atoms with Gasteiger partial charge in [0.1, 0.15) is 0 Å². The molecule has 0 rings (SSSR count). The third kappa shape index (κ3) is 22.5. The third-order valence-electron chi connectivity index (χ3n) is 0. The summed E-state index contributed by atoms with van der Waals surface area (Å²) in [6, 6.07) is 0. The molecular formula is H5Cl2O2-. The molecule has 0 saturated carbocycles. The first kappa shape index (κ1) is 221. The van der Waals surface area contributed by atoms with E-state index in [0.29, 0.717) is 0 Å². The fourth-order valence-electron chi connectivity index (χ4n) is 0. The monoisotopic (exact) mass is 107 g/mol. The van der Waals surface area contributed by atoms with Crippen molar-refractivity contribution in [3.8, 4) is 0 Å². The molecular weight excluding hydrogens is 103 g/mol. The van der Waals surface area contributed by atoms with Crippen LogP contribution in [0.2, 0.25) is 0 Å². The van der Waals surface area contributed by atoms with Gasteiger partial charge in [0.15, 0.2) is 0 Å². The molecule has 0 heterocycles. The van der Waals surface area contributed by atoms with Gasteiger partial charge in [-0.1, -0.05) is 0 Å². The number of halogens is 2. The summed E-state index contributed by atoms with van der Waals surface area (Å²) in [6.45, 7) is 0. The predicted octanol–water partition coefficient (Wildman–Crippen LogP) is -4.22. The van der Waals surface area contributed by atoms with Crippen LogP contribution in [0.5, 0.6) is 0 Å². The lowest BCUT2D eigenvalue weighted by Gasteiger charge is -1.00. The van der Waals surface area contributed by atoms with Gasteiger partial charge in [0.05, 0.1) is 0 Å². The number of hydrogen-bond donors (Lipinski definition) is 0. The zero-order valence-electron chi connectivity index (χ0n) is 1.79. The summed E-state index contributed by atoms with van der Waals surface area (Å²) < 4.78 is 0. The fourth-order valence-corrected chi connectivity index (χ4v) is 0. The maximum Gasteiger partial charge on any atom is -0.147 e. The van der Waals surface area contributed by atoms with Crippen LogP contribution < -0.4 is 12.4 Å². The Balaban J connectivity index is 0. The van der Waals surface area contributed by atoms with E-state index in [1.165, 1.54) is 0 Å². The minimum Gasteiger partial charge on any atom is -1.00 e. The molecule has 0 aliphatic carbocycles. The van der Waals surface area contributed by atoms with Crippen LogP contribution in [0.4, 0.5) is 0 Å². The van der Waals surface area contributed by atoms with Gasteiger partial charge in [-0.3, -0.25) is 0 Å². The predicted molar refractivity (Wildman–Crippen MR) is 14.5 cm³/mol. The molecule has 0 aromatic carbocycles. The first-order chi connectivity index (χ1) is 0. The minimum atomic E-state index is 0. The van der Waals surface area contributed by atoms with Crippen molar-refractivity contribution in [2.24, 2.45) is 0 Å². The molecule has 0 saturated heterocycles. The van der Waals surface area contributed by atoms with E-state index in [1.807, 2.05) is 0 Å². The van der Waals surface area contributed by atoms with Gasteiger partial charge in [-0.2, -0.15) is 0 Å². The fraction of sp³-hybridized carbons (Fsp3) is 0. The maximum absolute atomic E-state index is 0. The Kier molecular flexibility index (Phi) is 4820. The Morgan fingerprint density at radius 2 is 0.750 bits per heavy atom. The highest BCUT2D eigenvalue weighted by atomic mass is 35.5. The van der Waals surface area contributed by atoms with Gasteiger partial charge in [-0.05, 0) is 0 Å². The summed E-state index contributed by atoms with van der Waals surface area (Å²) in [5.74, 6) is 0. The quantitative estimate of drug-likeness (QED) is 0.302. The largest absolute Gasteiger partial charge is 1.00 e. The van der Waals surface area contributed by atoms with Crippen LogP contribution in [0.25, 0.3) is 0 Å². The molecule has 0 atom stereocenters. The van der Waals surface area contributed by atoms with Crippen LogP contribution in [-0.4, -0.2) is 11.0 Å². The number of rotatable bonds is 0. The zero-order valence-corrected chi connectivity index (χ0v) is 3.36. The van der Waals surface area contributed by atoms with Crippen molar-refractivity contribution in [2.45, 2.75) is 0 Å². The second-order valence-electron chi connectivity index (χ2n) is 0. The molecule has 0 bridgehead atoms. The molecule has 0 radical (unpaired) electrons. The van der Waals surface area contributed by atoms with E-state index in [4.69, 9.17) is 0 Å². The van der Waals surface area contributed by atoms with Crippen LogP contribution in [0.3, 0.4) is 0 Å². The van der Waals surface area contributed by atoms with E-state index >= 15 is 0 Å². The van der Waals surface area contributed by atoms with Gasteiger partial charge in [-0.15, -0.1) is 12.4 Å². The molecule has 2 nitrogen and oxygen atoms in total. The average molecular weight is 108 g/mol. The Labute approximate surface area is 36.6 Å². The van der Waals surface area contributed by atoms with Crippen molar-refractivity contribution in [3.05, 3.63) is 0 Å². The third-order valence-corrected chi connectivity index (χ3v) is 0. The summed E-state index contributed by atoms with van der Waals surface area (Å²) >= 11 is 0. The van der Waals surface area contributed by atoms with Crippen molar-refractivity contribution < 1.29 is 23.4 Å². The van der Waals surface area contributed by atoms with Crippen molar-refractivity contribution in [1.82, 2.24) is 0 Å². The van der Waals surface area contributed by atoms with Crippen LogP contribution in [0.1, 0.15) is 0 Å². The van der Waals surface area contributed by atoms with Gasteiger partial charge in [0.2, 0.25) is 0 Å². The van der Waals surface area contributed by atoms with Crippen molar-refractivity contribution in [2.75, 3.05) is 0 Å². The van der Waals surface area contributed by atoms with E-state index < -0.39 is 0 Å². The van der Waals surface area contributed by atoms with Crippen molar-refractivity contribution >= 4 is 12.4 Å². The standard InChI is InChI=1S/2ClH.2H2O/h2*1H;2*1H2/p-1. The SMILES string of the molecule is Cl.O.O.[Cl-]. The molecule has 0 aromatic rings. The average Bonchev–Trinajstić information content (AvgIpc) is 0. The van der Waals surface area contributed by atoms with Gasteiger partial charge < -0.3 is 23.4 Å². The first-order valence-corrected chi connectivity index (χ1v) is 0. The normalized spacial score (nSPS) is 0. The molecule has 0 spiro atoms. The Hall–Kier alpha value is 0.500. The number of hydrogen-bond acceptors (Lipinski definition) is 0. The lowest BCUT2D eigenvalue weighted by molar-refractivity contribution is -0.00000259. The van der Waals surface area contributed by atoms with Crippen LogP contribution in [-0.2, 0) is 0 Å². The van der Waals surface area contributed by atoms with E-state index in [9.17, 15) is 0 Å². The molecule has 0 amide bonds. The molecule has 0 aliphatic heterocycles. The molecule has 0 unspecified atom stereocenters. The van der Waals surface area contributed by atoms with Gasteiger partial charge in [0.25, 0.3) is 0 Å². The highest BCUT2D eigenvalue weighted by molar-refractivity contribution is 5.85. The second kappa shape index (κ2) is 87.5. The Morgan fingerprint density at radius 1 is 0.750 bits per heavy atom. The Bertz CT molecular complexity index is 4.00. The van der Waals surface area contributed by atoms with E-state index in [0.717, 1.165) is 0 Å². The van der Waals surface area contributed by atoms with Crippen LogP contribution >= 0.6 is 12.4 Å². The first-order valence-electron chi connectivity index (χ1n) is 0. The molecule has 4 N–H and O–H groups in total. The summed E-state index contributed by atoms with van der Waals surface area (Å²) in [5.41, 5.74) is 0. The lowest BCUT2D eigenvalue weighted by Crippen LogP contribution is -3.00. The summed E-state index contributed by atoms with van der Waals surface area (Å²) in [6.07, 6.45) is 0. The van der Waals surface area contributed by atoms with E-state index in [2.05, 4.69) is 0 Å². The highest BCUT2D eigenvalue weighted by Crippen LogP contribution is 0.690. The maximum atomic E-state index is 0. The summed E-state index contributed by atoms with van der Waals surface area (Å²) in [7, 11) is 0. The van der Waals surface area contributed by atoms with E-state index in [1.54, 1.807) is 0 Å². The molecule has 0 fully saturated rings. The molecule has 4 heteroatoms. The smallest absolute Gasteiger partial charge is 0.147 e. The Morgan fingerprint density at radius 3 is 0.750 bits per heavy atom. The molecule has 0 aliphatic rings. The van der Waals surface area contributed by atoms with Crippen molar-refractivity contribution in [3.63, 3.8) is 0 Å². The van der Waals surface area contributed by atoms with E-state index in [-0.39, 0.29) is 35.8 Å². The summed E-state index contributed by atoms with van der Waals surface area (Å²) in [4.78, 5) is 0. The zero-order chi connectivity index (χ0) is 0. The molecule has 32 valence electrons. The van der Waals surface area contributed by atoms with Gasteiger partial charge >= 0.3 is 0 Å². The molecule has 4 heavy (non-hydrogen) atoms. The lowest BCUT2D eigenvalue weighted by atomic mass is 16.0. The summed E-state index contributed by atoms with van der Waals surface area (Å²) in [5, 5.41) is 0. The highest BCUT2D eigenvalue weighted by Gasteiger charge is -0.147. The van der Waals surface area contributed by atoms with Crippen LogP contribution in [0, 0.1) is 0 Å². The minimum absolute atomic E-state index is 0. The topological polar surface area (TPSA) is 63.0 Å². The van der Waals surface area contributed by atoms with Gasteiger partial charge in [-0.25, -0.2) is 0 Å². The van der Waals surface area contributed by atoms with Crippen molar-refractivity contribution in [1.29, 1.82) is 0 Å². The van der Waals surface area contributed by atoms with Crippen LogP contribution in [0.15, 0.2) is 0 Å². The molecule has 0 aromatic heterocycles. The second-order valence-corrected chi connectivity index (χ2v) is 0.